The molecule has 9 heteroatoms. The zero-order chi connectivity index (χ0) is 17.7. The van der Waals surface area contributed by atoms with Crippen LogP contribution in [-0.2, 0) is 11.2 Å². The third-order valence-corrected chi connectivity index (χ3v) is 3.01. The van der Waals surface area contributed by atoms with Gasteiger partial charge in [-0.1, -0.05) is 12.1 Å². The predicted molar refractivity (Wildman–Crippen MR) is 84.0 cm³/mol. The van der Waals surface area contributed by atoms with Crippen molar-refractivity contribution in [1.29, 1.82) is 0 Å². The lowest BCUT2D eigenvalue weighted by Gasteiger charge is -2.02. The fraction of sp³-hybridized carbons (Fsp3) is 0.0667. The minimum absolute atomic E-state index is 0.0132. The average molecular weight is 331 g/mol. The monoisotopic (exact) mass is 331 g/mol. The van der Waals surface area contributed by atoms with Gasteiger partial charge in [0.05, 0.1) is 17.6 Å². The van der Waals surface area contributed by atoms with Crippen LogP contribution in [-0.4, -0.2) is 32.4 Å². The summed E-state index contributed by atoms with van der Waals surface area (Å²) >= 11 is 0. The highest BCUT2D eigenvalue weighted by Gasteiger charge is 2.16. The summed E-state index contributed by atoms with van der Waals surface area (Å²) in [6.45, 7) is 0. The zero-order valence-electron chi connectivity index (χ0n) is 12.2. The number of nitrogens with one attached hydrogen (secondary N) is 1. The highest BCUT2D eigenvalue weighted by atomic mass is 16.6. The van der Waals surface area contributed by atoms with Gasteiger partial charge < -0.3 is 15.3 Å². The summed E-state index contributed by atoms with van der Waals surface area (Å²) in [6.07, 6.45) is 1.04. The van der Waals surface area contributed by atoms with E-state index in [9.17, 15) is 25.1 Å². The molecule has 0 unspecified atom stereocenters. The molecule has 0 atom stereocenters. The maximum Gasteiger partial charge on any atom is 0.311 e. The second kappa shape index (κ2) is 7.09. The van der Waals surface area contributed by atoms with E-state index in [4.69, 9.17) is 5.11 Å². The number of carbonyl (C=O) groups excluding carboxylic acids is 1. The van der Waals surface area contributed by atoms with Crippen molar-refractivity contribution in [2.75, 3.05) is 0 Å². The van der Waals surface area contributed by atoms with Gasteiger partial charge in [-0.05, 0) is 17.7 Å². The molecule has 0 aliphatic carbocycles. The molecule has 0 heterocycles. The average Bonchev–Trinajstić information content (AvgIpc) is 2.51. The first-order valence-electron chi connectivity index (χ1n) is 6.67. The molecule has 9 nitrogen and oxygen atoms in total. The molecule has 2 rings (SSSR count). The highest BCUT2D eigenvalue weighted by molar-refractivity contribution is 5.87. The van der Waals surface area contributed by atoms with E-state index in [2.05, 4.69) is 10.5 Å². The Morgan fingerprint density at radius 1 is 1.17 bits per heavy atom. The molecule has 4 N–H and O–H groups in total. The van der Waals surface area contributed by atoms with Crippen LogP contribution in [0, 0.1) is 10.1 Å². The predicted octanol–water partition coefficient (Wildman–Crippen LogP) is 1.40. The summed E-state index contributed by atoms with van der Waals surface area (Å²) in [5, 5.41) is 42.4. The van der Waals surface area contributed by atoms with Crippen LogP contribution in [0.4, 0.5) is 5.69 Å². The Labute approximate surface area is 135 Å². The van der Waals surface area contributed by atoms with Crippen LogP contribution in [0.1, 0.15) is 11.1 Å². The van der Waals surface area contributed by atoms with E-state index in [0.717, 1.165) is 18.3 Å². The van der Waals surface area contributed by atoms with Gasteiger partial charge in [0.2, 0.25) is 5.91 Å². The van der Waals surface area contributed by atoms with Crippen molar-refractivity contribution in [2.24, 2.45) is 5.10 Å². The molecule has 124 valence electrons. The minimum atomic E-state index is -0.810. The molecule has 0 saturated heterocycles. The molecule has 1 amide bonds. The van der Waals surface area contributed by atoms with Crippen LogP contribution in [0.3, 0.4) is 0 Å². The first-order chi connectivity index (χ1) is 11.4. The number of hydrogen-bond donors (Lipinski definition) is 4. The van der Waals surface area contributed by atoms with Crippen LogP contribution >= 0.6 is 0 Å². The van der Waals surface area contributed by atoms with Gasteiger partial charge in [0.1, 0.15) is 11.5 Å². The SMILES string of the molecule is O=C(Cc1ccc(O)cc1)N/N=C\c1cc([N+](=O)[O-])c(O)cc1O. The lowest BCUT2D eigenvalue weighted by Crippen LogP contribution is -2.19. The lowest BCUT2D eigenvalue weighted by atomic mass is 10.1. The van der Waals surface area contributed by atoms with Crippen LogP contribution < -0.4 is 5.43 Å². The van der Waals surface area contributed by atoms with Gasteiger partial charge in [0, 0.05) is 17.7 Å². The summed E-state index contributed by atoms with van der Waals surface area (Å²) in [6, 6.07) is 7.79. The highest BCUT2D eigenvalue weighted by Crippen LogP contribution is 2.31. The Bertz CT molecular complexity index is 802. The number of carbonyl (C=O) groups is 1. The molecule has 0 saturated carbocycles. The van der Waals surface area contributed by atoms with Crippen molar-refractivity contribution in [3.8, 4) is 17.2 Å². The molecule has 0 aromatic heterocycles. The van der Waals surface area contributed by atoms with Crippen molar-refractivity contribution in [3.05, 3.63) is 57.6 Å². The third kappa shape index (κ3) is 4.19. The molecule has 2 aromatic rings. The number of hydrazone groups is 1. The van der Waals surface area contributed by atoms with Crippen molar-refractivity contribution < 1.29 is 25.0 Å². The molecule has 24 heavy (non-hydrogen) atoms. The molecule has 0 fully saturated rings. The van der Waals surface area contributed by atoms with E-state index in [1.54, 1.807) is 12.1 Å². The van der Waals surface area contributed by atoms with Gasteiger partial charge in [-0.15, -0.1) is 0 Å². The summed E-state index contributed by atoms with van der Waals surface area (Å²) in [5.74, 6) is -1.47. The lowest BCUT2D eigenvalue weighted by molar-refractivity contribution is -0.385. The van der Waals surface area contributed by atoms with Crippen molar-refractivity contribution in [1.82, 2.24) is 5.43 Å². The van der Waals surface area contributed by atoms with Gasteiger partial charge in [-0.3, -0.25) is 14.9 Å². The smallest absolute Gasteiger partial charge is 0.311 e. The molecule has 0 spiro atoms. The number of phenolic OH excluding ortho intramolecular Hbond substituents is 3. The van der Waals surface area contributed by atoms with Crippen molar-refractivity contribution >= 4 is 17.8 Å². The minimum Gasteiger partial charge on any atom is -0.508 e. The van der Waals surface area contributed by atoms with Gasteiger partial charge in [0.15, 0.2) is 5.75 Å². The van der Waals surface area contributed by atoms with Crippen LogP contribution in [0.25, 0.3) is 0 Å². The van der Waals surface area contributed by atoms with Crippen molar-refractivity contribution in [2.45, 2.75) is 6.42 Å². The fourth-order valence-corrected chi connectivity index (χ4v) is 1.84. The number of hydrogen-bond acceptors (Lipinski definition) is 7. The standard InChI is InChI=1S/C15H13N3O6/c19-11-3-1-9(2-4-11)5-15(22)17-16-8-10-6-12(18(23)24)14(21)7-13(10)20/h1-4,6-8,19-21H,5H2,(H,17,22)/b16-8-. The van der Waals surface area contributed by atoms with Gasteiger partial charge in [-0.25, -0.2) is 5.43 Å². The molecule has 0 radical (unpaired) electrons. The zero-order valence-corrected chi connectivity index (χ0v) is 12.2. The molecule has 2 aromatic carbocycles. The number of nitro benzene ring substituents is 1. The second-order valence-electron chi connectivity index (χ2n) is 4.79. The molecule has 0 aliphatic heterocycles. The van der Waals surface area contributed by atoms with E-state index in [1.165, 1.54) is 12.1 Å². The van der Waals surface area contributed by atoms with Crippen LogP contribution in [0.15, 0.2) is 41.5 Å². The van der Waals surface area contributed by atoms with Gasteiger partial charge in [0.25, 0.3) is 0 Å². The summed E-state index contributed by atoms with van der Waals surface area (Å²) in [4.78, 5) is 21.6. The summed E-state index contributed by atoms with van der Waals surface area (Å²) < 4.78 is 0. The number of aromatic hydroxyl groups is 3. The molecular weight excluding hydrogens is 318 g/mol. The first-order valence-corrected chi connectivity index (χ1v) is 6.67. The van der Waals surface area contributed by atoms with E-state index < -0.39 is 28.0 Å². The number of amides is 1. The molecule has 0 bridgehead atoms. The first kappa shape index (κ1) is 16.7. The summed E-state index contributed by atoms with van der Waals surface area (Å²) in [7, 11) is 0. The normalized spacial score (nSPS) is 10.7. The second-order valence-corrected chi connectivity index (χ2v) is 4.79. The maximum atomic E-state index is 11.7. The van der Waals surface area contributed by atoms with E-state index in [1.807, 2.05) is 0 Å². The maximum absolute atomic E-state index is 11.7. The Morgan fingerprint density at radius 3 is 2.46 bits per heavy atom. The number of nitrogens with zero attached hydrogens (tertiary/aromatic N) is 2. The number of phenols is 3. The quantitative estimate of drug-likeness (QED) is 0.370. The topological polar surface area (TPSA) is 145 Å². The van der Waals surface area contributed by atoms with Crippen molar-refractivity contribution in [3.63, 3.8) is 0 Å². The van der Waals surface area contributed by atoms with E-state index in [-0.39, 0.29) is 17.7 Å². The largest absolute Gasteiger partial charge is 0.508 e. The molecule has 0 aliphatic rings. The Kier molecular flexibility index (Phi) is 4.95. The number of rotatable bonds is 5. The van der Waals surface area contributed by atoms with E-state index in [0.29, 0.717) is 5.56 Å². The fourth-order valence-electron chi connectivity index (χ4n) is 1.84. The van der Waals surface area contributed by atoms with Gasteiger partial charge >= 0.3 is 5.69 Å². The van der Waals surface area contributed by atoms with E-state index >= 15 is 0 Å². The van der Waals surface area contributed by atoms with Crippen LogP contribution in [0.5, 0.6) is 17.2 Å². The number of nitro groups is 1. The number of benzene rings is 2. The van der Waals surface area contributed by atoms with Crippen LogP contribution in [0.2, 0.25) is 0 Å². The Hall–Kier alpha value is -3.62. The third-order valence-electron chi connectivity index (χ3n) is 3.01. The Morgan fingerprint density at radius 2 is 1.83 bits per heavy atom. The van der Waals surface area contributed by atoms with Gasteiger partial charge in [-0.2, -0.15) is 5.10 Å². The Balaban J connectivity index is 2.03. The molecular formula is C15H13N3O6. The summed E-state index contributed by atoms with van der Waals surface area (Å²) in [5.41, 5.74) is 2.23.